The number of hydrogen-bond acceptors (Lipinski definition) is 1. The second kappa shape index (κ2) is 7.91. The Morgan fingerprint density at radius 2 is 1.94 bits per heavy atom. The van der Waals surface area contributed by atoms with Crippen LogP contribution in [0, 0.1) is 0 Å². The van der Waals surface area contributed by atoms with E-state index >= 15 is 0 Å². The van der Waals surface area contributed by atoms with Crippen LogP contribution in [0.3, 0.4) is 0 Å². The summed E-state index contributed by atoms with van der Waals surface area (Å²) in [6.07, 6.45) is 0.932. The van der Waals surface area contributed by atoms with Gasteiger partial charge in [-0.3, -0.25) is 4.99 Å². The summed E-state index contributed by atoms with van der Waals surface area (Å²) >= 11 is 2.32. The molecule has 0 bridgehead atoms. The van der Waals surface area contributed by atoms with Crippen molar-refractivity contribution in [1.29, 1.82) is 0 Å². The summed E-state index contributed by atoms with van der Waals surface area (Å²) in [4.78, 5) is 8.00. The van der Waals surface area contributed by atoms with Gasteiger partial charge in [-0.25, -0.2) is 0 Å². The molecule has 0 unspecified atom stereocenters. The molecule has 1 aromatic rings. The van der Waals surface area contributed by atoms with E-state index in [2.05, 4.69) is 37.9 Å². The van der Waals surface area contributed by atoms with E-state index in [-0.39, 0.29) is 11.9 Å². The Hall–Kier alpha value is -1.31. The fourth-order valence-electron chi connectivity index (χ4n) is 1.24. The molecule has 0 heterocycles. The van der Waals surface area contributed by atoms with Gasteiger partial charge in [-0.1, -0.05) is 41.6 Å². The molecule has 0 aliphatic carbocycles. The number of nitrogens with one attached hydrogen (secondary N) is 1. The maximum absolute atomic E-state index is 5.73. The molecule has 98 valence electrons. The standard InChI is InChI=1S/C12H18IN5/c1-2-7-16-11(14)18-12(15)17-10-5-3-9(8-13)4-6-10/h3-6H,2,7-8H2,1H3,(H5,14,15,16,17,18). The summed E-state index contributed by atoms with van der Waals surface area (Å²) in [5.74, 6) is 0.445. The Balaban J connectivity index is 2.62. The Morgan fingerprint density at radius 1 is 1.28 bits per heavy atom. The lowest BCUT2D eigenvalue weighted by Gasteiger charge is -2.05. The van der Waals surface area contributed by atoms with Gasteiger partial charge < -0.3 is 16.8 Å². The van der Waals surface area contributed by atoms with E-state index < -0.39 is 0 Å². The lowest BCUT2D eigenvalue weighted by molar-refractivity contribution is 0.927. The number of rotatable bonds is 4. The van der Waals surface area contributed by atoms with Crippen molar-refractivity contribution in [3.05, 3.63) is 29.8 Å². The van der Waals surface area contributed by atoms with Crippen LogP contribution in [0.15, 0.2) is 34.3 Å². The number of aliphatic imine (C=N–C) groups is 2. The molecule has 0 radical (unpaired) electrons. The minimum Gasteiger partial charge on any atom is -0.369 e. The number of guanidine groups is 2. The first-order chi connectivity index (χ1) is 8.65. The molecule has 0 aliphatic heterocycles. The van der Waals surface area contributed by atoms with Gasteiger partial charge in [-0.15, -0.1) is 0 Å². The van der Waals surface area contributed by atoms with Crippen molar-refractivity contribution in [2.24, 2.45) is 21.5 Å². The van der Waals surface area contributed by atoms with E-state index in [0.29, 0.717) is 6.54 Å². The number of halogens is 1. The van der Waals surface area contributed by atoms with Gasteiger partial charge in [0.25, 0.3) is 0 Å². The smallest absolute Gasteiger partial charge is 0.218 e. The fraction of sp³-hybridized carbons (Fsp3) is 0.333. The van der Waals surface area contributed by atoms with Gasteiger partial charge in [0.1, 0.15) is 0 Å². The highest BCUT2D eigenvalue weighted by Gasteiger charge is 1.97. The Morgan fingerprint density at radius 3 is 2.50 bits per heavy atom. The number of benzene rings is 1. The Bertz CT molecular complexity index is 425. The molecule has 1 rings (SSSR count). The maximum atomic E-state index is 5.73. The highest BCUT2D eigenvalue weighted by atomic mass is 127. The quantitative estimate of drug-likeness (QED) is 0.333. The summed E-state index contributed by atoms with van der Waals surface area (Å²) in [5.41, 5.74) is 13.5. The lowest BCUT2D eigenvalue weighted by Crippen LogP contribution is -2.26. The number of hydrogen-bond donors (Lipinski definition) is 3. The first kappa shape index (κ1) is 14.7. The van der Waals surface area contributed by atoms with Crippen molar-refractivity contribution >= 4 is 40.2 Å². The Kier molecular flexibility index (Phi) is 6.48. The number of nitrogens with zero attached hydrogens (tertiary/aromatic N) is 2. The first-order valence-corrected chi connectivity index (χ1v) is 7.24. The van der Waals surface area contributed by atoms with Crippen molar-refractivity contribution in [3.63, 3.8) is 0 Å². The molecule has 0 saturated heterocycles. The van der Waals surface area contributed by atoms with Gasteiger partial charge in [-0.05, 0) is 24.1 Å². The van der Waals surface area contributed by atoms with Crippen molar-refractivity contribution in [2.45, 2.75) is 17.8 Å². The van der Waals surface area contributed by atoms with E-state index in [0.717, 1.165) is 16.5 Å². The van der Waals surface area contributed by atoms with Crippen LogP contribution < -0.4 is 16.8 Å². The highest BCUT2D eigenvalue weighted by Crippen LogP contribution is 2.11. The van der Waals surface area contributed by atoms with Crippen LogP contribution in [-0.2, 0) is 4.43 Å². The summed E-state index contributed by atoms with van der Waals surface area (Å²) < 4.78 is 0.984. The van der Waals surface area contributed by atoms with Crippen LogP contribution in [0.25, 0.3) is 0 Å². The zero-order valence-corrected chi connectivity index (χ0v) is 12.5. The lowest BCUT2D eigenvalue weighted by atomic mass is 10.2. The third-order valence-electron chi connectivity index (χ3n) is 2.11. The van der Waals surface area contributed by atoms with E-state index in [1.807, 2.05) is 31.2 Å². The third-order valence-corrected chi connectivity index (χ3v) is 2.99. The molecular formula is C12H18IN5. The Labute approximate surface area is 121 Å². The van der Waals surface area contributed by atoms with Crippen molar-refractivity contribution in [3.8, 4) is 0 Å². The predicted molar refractivity (Wildman–Crippen MR) is 86.2 cm³/mol. The van der Waals surface area contributed by atoms with Crippen LogP contribution >= 0.6 is 22.6 Å². The van der Waals surface area contributed by atoms with Gasteiger partial charge in [-0.2, -0.15) is 4.99 Å². The minimum atomic E-state index is 0.200. The molecule has 0 fully saturated rings. The zero-order chi connectivity index (χ0) is 13.4. The van der Waals surface area contributed by atoms with Gasteiger partial charge in [0.2, 0.25) is 11.9 Å². The fourth-order valence-corrected chi connectivity index (χ4v) is 1.75. The van der Waals surface area contributed by atoms with Gasteiger partial charge >= 0.3 is 0 Å². The molecule has 0 atom stereocenters. The molecule has 1 aromatic carbocycles. The second-order valence-corrected chi connectivity index (χ2v) is 4.46. The van der Waals surface area contributed by atoms with Crippen LogP contribution in [0.2, 0.25) is 0 Å². The molecule has 5 nitrogen and oxygen atoms in total. The summed E-state index contributed by atoms with van der Waals surface area (Å²) in [6, 6.07) is 7.98. The van der Waals surface area contributed by atoms with E-state index in [1.165, 1.54) is 5.56 Å². The van der Waals surface area contributed by atoms with Crippen LogP contribution in [0.5, 0.6) is 0 Å². The molecule has 6 heteroatoms. The molecule has 18 heavy (non-hydrogen) atoms. The van der Waals surface area contributed by atoms with Crippen LogP contribution in [0.1, 0.15) is 18.9 Å². The average Bonchev–Trinajstić information content (AvgIpc) is 2.37. The van der Waals surface area contributed by atoms with Crippen molar-refractivity contribution < 1.29 is 0 Å². The molecule has 0 spiro atoms. The van der Waals surface area contributed by atoms with E-state index in [4.69, 9.17) is 11.5 Å². The molecule has 0 aliphatic rings. The topological polar surface area (TPSA) is 88.8 Å². The van der Waals surface area contributed by atoms with Gasteiger partial charge in [0.05, 0.1) is 0 Å². The molecule has 0 amide bonds. The largest absolute Gasteiger partial charge is 0.369 e. The highest BCUT2D eigenvalue weighted by molar-refractivity contribution is 14.1. The number of alkyl halides is 1. The van der Waals surface area contributed by atoms with E-state index in [9.17, 15) is 0 Å². The van der Waals surface area contributed by atoms with Crippen molar-refractivity contribution in [1.82, 2.24) is 0 Å². The number of nitrogens with two attached hydrogens (primary N) is 2. The normalized spacial score (nSPS) is 12.6. The molecule has 0 saturated carbocycles. The zero-order valence-electron chi connectivity index (χ0n) is 10.4. The van der Waals surface area contributed by atoms with Gasteiger partial charge in [0, 0.05) is 16.7 Å². The summed E-state index contributed by atoms with van der Waals surface area (Å²) in [6.45, 7) is 2.68. The first-order valence-electron chi connectivity index (χ1n) is 5.71. The predicted octanol–water partition coefficient (Wildman–Crippen LogP) is 2.07. The average molecular weight is 359 g/mol. The van der Waals surface area contributed by atoms with E-state index in [1.54, 1.807) is 0 Å². The minimum absolute atomic E-state index is 0.200. The van der Waals surface area contributed by atoms with Crippen molar-refractivity contribution in [2.75, 3.05) is 11.9 Å². The van der Waals surface area contributed by atoms with Crippen LogP contribution in [-0.4, -0.2) is 18.5 Å². The molecule has 0 aromatic heterocycles. The number of anilines is 1. The molecular weight excluding hydrogens is 341 g/mol. The van der Waals surface area contributed by atoms with Crippen LogP contribution in [0.4, 0.5) is 5.69 Å². The maximum Gasteiger partial charge on any atom is 0.218 e. The third kappa shape index (κ3) is 5.35. The summed E-state index contributed by atoms with van der Waals surface area (Å²) in [5, 5.41) is 2.97. The SMILES string of the molecule is CCCN=C(N)N=C(N)Nc1ccc(CI)cc1. The molecule has 5 N–H and O–H groups in total. The second-order valence-electron chi connectivity index (χ2n) is 3.69. The van der Waals surface area contributed by atoms with Gasteiger partial charge in [0.15, 0.2) is 0 Å². The summed E-state index contributed by atoms with van der Waals surface area (Å²) in [7, 11) is 0. The monoisotopic (exact) mass is 359 g/mol.